The van der Waals surface area contributed by atoms with Crippen LogP contribution in [0.15, 0.2) is 47.4 Å². The zero-order valence-corrected chi connectivity index (χ0v) is 11.9. The van der Waals surface area contributed by atoms with Crippen LogP contribution in [0.3, 0.4) is 0 Å². The molecule has 0 saturated carbocycles. The summed E-state index contributed by atoms with van der Waals surface area (Å²) in [5.74, 6) is -1.23. The van der Waals surface area contributed by atoms with Crippen molar-refractivity contribution in [1.29, 1.82) is 0 Å². The molecular weight excluding hydrogens is 313 g/mol. The van der Waals surface area contributed by atoms with Crippen molar-refractivity contribution in [3.05, 3.63) is 48.3 Å². The van der Waals surface area contributed by atoms with E-state index in [0.717, 1.165) is 6.07 Å². The zero-order valence-electron chi connectivity index (χ0n) is 11.1. The summed E-state index contributed by atoms with van der Waals surface area (Å²) in [6.45, 7) is -0.134. The van der Waals surface area contributed by atoms with Gasteiger partial charge in [0.1, 0.15) is 10.6 Å². The number of halogens is 1. The van der Waals surface area contributed by atoms with E-state index in [2.05, 4.69) is 5.32 Å². The van der Waals surface area contributed by atoms with Gasteiger partial charge in [-0.25, -0.2) is 4.39 Å². The van der Waals surface area contributed by atoms with Crippen molar-refractivity contribution in [2.75, 3.05) is 11.9 Å². The molecule has 0 aliphatic carbocycles. The fourth-order valence-electron chi connectivity index (χ4n) is 1.90. The van der Waals surface area contributed by atoms with Gasteiger partial charge in [-0.3, -0.25) is 4.79 Å². The molecule has 8 heteroatoms. The molecule has 1 amide bonds. The molecule has 0 unspecified atom stereocenters. The van der Waals surface area contributed by atoms with Gasteiger partial charge in [-0.2, -0.15) is 8.42 Å². The van der Waals surface area contributed by atoms with Gasteiger partial charge in [-0.05, 0) is 30.3 Å². The molecule has 1 aliphatic rings. The first-order valence-corrected chi connectivity index (χ1v) is 7.62. The summed E-state index contributed by atoms with van der Waals surface area (Å²) in [5, 5.41) is 2.49. The fourth-order valence-corrected chi connectivity index (χ4v) is 2.86. The van der Waals surface area contributed by atoms with Gasteiger partial charge < -0.3 is 14.2 Å². The van der Waals surface area contributed by atoms with Crippen LogP contribution in [-0.2, 0) is 14.9 Å². The lowest BCUT2D eigenvalue weighted by Crippen LogP contribution is -2.25. The maximum absolute atomic E-state index is 13.5. The normalized spacial score (nSPS) is 13.8. The Morgan fingerprint density at radius 2 is 1.95 bits per heavy atom. The maximum Gasteiger partial charge on any atom is 0.339 e. The first kappa shape index (κ1) is 14.3. The monoisotopic (exact) mass is 323 g/mol. The van der Waals surface area contributed by atoms with Gasteiger partial charge in [0.15, 0.2) is 18.2 Å². The predicted octanol–water partition coefficient (Wildman–Crippen LogP) is 1.92. The van der Waals surface area contributed by atoms with Crippen molar-refractivity contribution in [2.45, 2.75) is 4.90 Å². The highest BCUT2D eigenvalue weighted by Gasteiger charge is 2.23. The van der Waals surface area contributed by atoms with Crippen molar-refractivity contribution in [2.24, 2.45) is 0 Å². The molecule has 0 saturated heterocycles. The minimum Gasteiger partial charge on any atom is -0.482 e. The Bertz CT molecular complexity index is 850. The third-order valence-electron chi connectivity index (χ3n) is 2.91. The molecular formula is C14H10FNO5S. The highest BCUT2D eigenvalue weighted by molar-refractivity contribution is 7.87. The second kappa shape index (κ2) is 5.30. The van der Waals surface area contributed by atoms with Gasteiger partial charge in [0, 0.05) is 0 Å². The van der Waals surface area contributed by atoms with E-state index < -0.39 is 27.6 Å². The number of benzene rings is 2. The van der Waals surface area contributed by atoms with E-state index in [1.165, 1.54) is 36.4 Å². The summed E-state index contributed by atoms with van der Waals surface area (Å²) in [6, 6.07) is 9.01. The van der Waals surface area contributed by atoms with Gasteiger partial charge in [0.2, 0.25) is 0 Å². The Kier molecular flexibility index (Phi) is 3.45. The van der Waals surface area contributed by atoms with Gasteiger partial charge in [-0.1, -0.05) is 12.1 Å². The summed E-state index contributed by atoms with van der Waals surface area (Å²) in [6.07, 6.45) is 0. The Morgan fingerprint density at radius 1 is 1.18 bits per heavy atom. The number of hydrogen-bond acceptors (Lipinski definition) is 5. The predicted molar refractivity (Wildman–Crippen MR) is 74.8 cm³/mol. The van der Waals surface area contributed by atoms with Crippen molar-refractivity contribution in [3.8, 4) is 11.5 Å². The Hall–Kier alpha value is -2.61. The van der Waals surface area contributed by atoms with Crippen molar-refractivity contribution in [3.63, 3.8) is 0 Å². The standard InChI is InChI=1S/C14H10FNO5S/c15-10-3-1-2-4-12(10)21-22(18,19)9-5-6-13-11(7-9)16-14(17)8-20-13/h1-7H,8H2,(H,16,17). The number of fused-ring (bicyclic) bond motifs is 1. The van der Waals surface area contributed by atoms with E-state index in [1.807, 2.05) is 0 Å². The van der Waals surface area contributed by atoms with Gasteiger partial charge in [0.25, 0.3) is 5.91 Å². The molecule has 0 spiro atoms. The van der Waals surface area contributed by atoms with Crippen molar-refractivity contribution in [1.82, 2.24) is 0 Å². The third kappa shape index (κ3) is 2.73. The summed E-state index contributed by atoms with van der Waals surface area (Å²) in [4.78, 5) is 11.0. The molecule has 0 aromatic heterocycles. The Labute approximate surface area is 125 Å². The van der Waals surface area contributed by atoms with E-state index in [9.17, 15) is 17.6 Å². The van der Waals surface area contributed by atoms with Crippen LogP contribution in [0.5, 0.6) is 11.5 Å². The average molecular weight is 323 g/mol. The fraction of sp³-hybridized carbons (Fsp3) is 0.0714. The molecule has 6 nitrogen and oxygen atoms in total. The second-order valence-electron chi connectivity index (χ2n) is 4.46. The molecule has 0 fully saturated rings. The molecule has 1 N–H and O–H groups in total. The van der Waals surface area contributed by atoms with Crippen LogP contribution in [0.4, 0.5) is 10.1 Å². The lowest BCUT2D eigenvalue weighted by atomic mass is 10.2. The number of carbonyl (C=O) groups excluding carboxylic acids is 1. The molecule has 0 bridgehead atoms. The van der Waals surface area contributed by atoms with E-state index in [-0.39, 0.29) is 17.2 Å². The first-order chi connectivity index (χ1) is 10.5. The molecule has 2 aromatic rings. The average Bonchev–Trinajstić information content (AvgIpc) is 2.48. The van der Waals surface area contributed by atoms with Crippen LogP contribution in [0, 0.1) is 5.82 Å². The van der Waals surface area contributed by atoms with E-state index in [1.54, 1.807) is 0 Å². The number of hydrogen-bond donors (Lipinski definition) is 1. The minimum atomic E-state index is -4.23. The van der Waals surface area contributed by atoms with Crippen molar-refractivity contribution >= 4 is 21.7 Å². The highest BCUT2D eigenvalue weighted by atomic mass is 32.2. The molecule has 3 rings (SSSR count). The van der Waals surface area contributed by atoms with Crippen molar-refractivity contribution < 1.29 is 26.5 Å². The lowest BCUT2D eigenvalue weighted by molar-refractivity contribution is -0.118. The largest absolute Gasteiger partial charge is 0.482 e. The van der Waals surface area contributed by atoms with Crippen LogP contribution in [0.2, 0.25) is 0 Å². The molecule has 1 aliphatic heterocycles. The smallest absolute Gasteiger partial charge is 0.339 e. The molecule has 114 valence electrons. The minimum absolute atomic E-state index is 0.134. The molecule has 0 radical (unpaired) electrons. The number of nitrogens with one attached hydrogen (secondary N) is 1. The molecule has 1 heterocycles. The molecule has 2 aromatic carbocycles. The van der Waals surface area contributed by atoms with Crippen LogP contribution in [-0.4, -0.2) is 20.9 Å². The number of ether oxygens (including phenoxy) is 1. The topological polar surface area (TPSA) is 81.7 Å². The van der Waals surface area contributed by atoms with Gasteiger partial charge >= 0.3 is 10.1 Å². The van der Waals surface area contributed by atoms with Gasteiger partial charge in [-0.15, -0.1) is 0 Å². The Balaban J connectivity index is 1.94. The van der Waals surface area contributed by atoms with Crippen LogP contribution < -0.4 is 14.2 Å². The number of para-hydroxylation sites is 1. The number of anilines is 1. The van der Waals surface area contributed by atoms with Gasteiger partial charge in [0.05, 0.1) is 5.69 Å². The maximum atomic E-state index is 13.5. The molecule has 0 atom stereocenters. The van der Waals surface area contributed by atoms with E-state index >= 15 is 0 Å². The first-order valence-electron chi connectivity index (χ1n) is 6.21. The third-order valence-corrected chi connectivity index (χ3v) is 4.14. The number of amides is 1. The van der Waals surface area contributed by atoms with Crippen LogP contribution >= 0.6 is 0 Å². The van der Waals surface area contributed by atoms with Crippen LogP contribution in [0.1, 0.15) is 0 Å². The number of rotatable bonds is 3. The molecule has 22 heavy (non-hydrogen) atoms. The summed E-state index contributed by atoms with van der Waals surface area (Å²) in [5.41, 5.74) is 0.217. The lowest BCUT2D eigenvalue weighted by Gasteiger charge is -2.18. The van der Waals surface area contributed by atoms with Crippen LogP contribution in [0.25, 0.3) is 0 Å². The highest BCUT2D eigenvalue weighted by Crippen LogP contribution is 2.31. The second-order valence-corrected chi connectivity index (χ2v) is 6.01. The summed E-state index contributed by atoms with van der Waals surface area (Å²) >= 11 is 0. The SMILES string of the molecule is O=C1COc2ccc(S(=O)(=O)Oc3ccccc3F)cc2N1. The summed E-state index contributed by atoms with van der Waals surface area (Å²) in [7, 11) is -4.23. The summed E-state index contributed by atoms with van der Waals surface area (Å²) < 4.78 is 47.8. The van der Waals surface area contributed by atoms with E-state index in [0.29, 0.717) is 5.75 Å². The quantitative estimate of drug-likeness (QED) is 0.873. The number of carbonyl (C=O) groups is 1. The van der Waals surface area contributed by atoms with E-state index in [4.69, 9.17) is 8.92 Å². The zero-order chi connectivity index (χ0) is 15.7. The Morgan fingerprint density at radius 3 is 2.73 bits per heavy atom.